The second-order valence-electron chi connectivity index (χ2n) is 4.56. The molecule has 100 valence electrons. The van der Waals surface area contributed by atoms with E-state index in [-0.39, 0.29) is 0 Å². The third-order valence-corrected chi connectivity index (χ3v) is 3.31. The summed E-state index contributed by atoms with van der Waals surface area (Å²) in [6, 6.07) is 4.34. The summed E-state index contributed by atoms with van der Waals surface area (Å²) in [6.07, 6.45) is 0.916. The van der Waals surface area contributed by atoms with Gasteiger partial charge in [0.15, 0.2) is 0 Å². The molecule has 1 N–H and O–H groups in total. The molecule has 1 saturated heterocycles. The van der Waals surface area contributed by atoms with Gasteiger partial charge in [0.05, 0.1) is 27.4 Å². The van der Waals surface area contributed by atoms with Crippen molar-refractivity contribution in [3.63, 3.8) is 0 Å². The van der Waals surface area contributed by atoms with Gasteiger partial charge in [-0.25, -0.2) is 0 Å². The summed E-state index contributed by atoms with van der Waals surface area (Å²) in [7, 11) is 3.37. The molecule has 0 bridgehead atoms. The van der Waals surface area contributed by atoms with E-state index in [1.54, 1.807) is 14.2 Å². The molecular formula is C14H21NO3. The van der Waals surface area contributed by atoms with Crippen LogP contribution in [0.4, 0.5) is 0 Å². The minimum absolute atomic E-state index is 0.361. The van der Waals surface area contributed by atoms with Crippen LogP contribution < -0.4 is 14.8 Å². The molecule has 18 heavy (non-hydrogen) atoms. The van der Waals surface area contributed by atoms with Crippen LogP contribution in [-0.2, 0) is 11.2 Å². The zero-order valence-corrected chi connectivity index (χ0v) is 11.3. The van der Waals surface area contributed by atoms with Gasteiger partial charge in [0.1, 0.15) is 11.5 Å². The van der Waals surface area contributed by atoms with Crippen molar-refractivity contribution in [3.05, 3.63) is 23.3 Å². The highest BCUT2D eigenvalue weighted by molar-refractivity contribution is 5.46. The molecule has 4 nitrogen and oxygen atoms in total. The van der Waals surface area contributed by atoms with Gasteiger partial charge in [-0.3, -0.25) is 0 Å². The zero-order chi connectivity index (χ0) is 13.0. The fraction of sp³-hybridized carbons (Fsp3) is 0.571. The Morgan fingerprint density at radius 1 is 1.33 bits per heavy atom. The molecule has 2 rings (SSSR count). The molecule has 4 heteroatoms. The lowest BCUT2D eigenvalue weighted by Gasteiger charge is -2.25. The number of hydrogen-bond acceptors (Lipinski definition) is 4. The van der Waals surface area contributed by atoms with Crippen LogP contribution in [0.2, 0.25) is 0 Å². The van der Waals surface area contributed by atoms with E-state index >= 15 is 0 Å². The van der Waals surface area contributed by atoms with Crippen LogP contribution in [0.25, 0.3) is 0 Å². The molecule has 0 amide bonds. The summed E-state index contributed by atoms with van der Waals surface area (Å²) in [5.41, 5.74) is 2.42. The van der Waals surface area contributed by atoms with Crippen molar-refractivity contribution in [3.8, 4) is 11.5 Å². The Kier molecular flexibility index (Phi) is 4.44. The van der Waals surface area contributed by atoms with Crippen molar-refractivity contribution in [2.75, 3.05) is 34.0 Å². The molecule has 1 aliphatic rings. The highest BCUT2D eigenvalue weighted by Crippen LogP contribution is 2.29. The molecule has 0 saturated carbocycles. The van der Waals surface area contributed by atoms with Gasteiger partial charge < -0.3 is 19.5 Å². The van der Waals surface area contributed by atoms with Crippen molar-refractivity contribution < 1.29 is 14.2 Å². The van der Waals surface area contributed by atoms with Crippen LogP contribution in [0.15, 0.2) is 12.1 Å². The maximum Gasteiger partial charge on any atom is 0.126 e. The standard InChI is InChI=1S/C14H21NO3/c1-10-6-12(16-2)8-14(17-3)13(10)7-11-9-18-5-4-15-11/h6,8,11,15H,4-5,7,9H2,1-3H3. The maximum atomic E-state index is 5.48. The Morgan fingerprint density at radius 2 is 2.17 bits per heavy atom. The van der Waals surface area contributed by atoms with Crippen LogP contribution in [0, 0.1) is 6.92 Å². The second kappa shape index (κ2) is 6.07. The first-order chi connectivity index (χ1) is 8.74. The first-order valence-corrected chi connectivity index (χ1v) is 6.27. The largest absolute Gasteiger partial charge is 0.497 e. The van der Waals surface area contributed by atoms with Gasteiger partial charge in [0.25, 0.3) is 0 Å². The van der Waals surface area contributed by atoms with Gasteiger partial charge in [-0.1, -0.05) is 0 Å². The van der Waals surface area contributed by atoms with Crippen LogP contribution >= 0.6 is 0 Å². The van der Waals surface area contributed by atoms with Crippen molar-refractivity contribution in [1.29, 1.82) is 0 Å². The van der Waals surface area contributed by atoms with Gasteiger partial charge in [-0.15, -0.1) is 0 Å². The van der Waals surface area contributed by atoms with Crippen molar-refractivity contribution in [2.24, 2.45) is 0 Å². The minimum Gasteiger partial charge on any atom is -0.497 e. The van der Waals surface area contributed by atoms with E-state index in [0.717, 1.165) is 37.7 Å². The molecule has 1 atom stereocenters. The predicted molar refractivity (Wildman–Crippen MR) is 70.6 cm³/mol. The Labute approximate surface area is 108 Å². The third kappa shape index (κ3) is 2.94. The number of nitrogens with one attached hydrogen (secondary N) is 1. The van der Waals surface area contributed by atoms with Crippen LogP contribution in [0.1, 0.15) is 11.1 Å². The van der Waals surface area contributed by atoms with E-state index in [1.807, 2.05) is 12.1 Å². The first kappa shape index (κ1) is 13.2. The van der Waals surface area contributed by atoms with Crippen LogP contribution in [-0.4, -0.2) is 40.0 Å². The van der Waals surface area contributed by atoms with E-state index in [2.05, 4.69) is 12.2 Å². The van der Waals surface area contributed by atoms with Crippen molar-refractivity contribution >= 4 is 0 Å². The fourth-order valence-corrected chi connectivity index (χ4v) is 2.31. The van der Waals surface area contributed by atoms with E-state index < -0.39 is 0 Å². The fourth-order valence-electron chi connectivity index (χ4n) is 2.31. The number of hydrogen-bond donors (Lipinski definition) is 1. The quantitative estimate of drug-likeness (QED) is 0.881. The number of methoxy groups -OCH3 is 2. The summed E-state index contributed by atoms with van der Waals surface area (Å²) in [5, 5.41) is 3.46. The molecular weight excluding hydrogens is 230 g/mol. The molecule has 0 spiro atoms. The molecule has 1 fully saturated rings. The lowest BCUT2D eigenvalue weighted by molar-refractivity contribution is 0.0768. The van der Waals surface area contributed by atoms with Gasteiger partial charge in [0.2, 0.25) is 0 Å². The first-order valence-electron chi connectivity index (χ1n) is 6.27. The Bertz CT molecular complexity index is 400. The normalized spacial score (nSPS) is 19.6. The molecule has 1 heterocycles. The van der Waals surface area contributed by atoms with Gasteiger partial charge in [-0.05, 0) is 30.5 Å². The molecule has 0 aromatic heterocycles. The summed E-state index contributed by atoms with van der Waals surface area (Å²) < 4.78 is 16.2. The van der Waals surface area contributed by atoms with Crippen LogP contribution in [0.3, 0.4) is 0 Å². The van der Waals surface area contributed by atoms with Gasteiger partial charge in [-0.2, -0.15) is 0 Å². The minimum atomic E-state index is 0.361. The second-order valence-corrected chi connectivity index (χ2v) is 4.56. The Hall–Kier alpha value is -1.26. The van der Waals surface area contributed by atoms with E-state index in [4.69, 9.17) is 14.2 Å². The van der Waals surface area contributed by atoms with E-state index in [1.165, 1.54) is 11.1 Å². The number of ether oxygens (including phenoxy) is 3. The third-order valence-electron chi connectivity index (χ3n) is 3.31. The summed E-state index contributed by atoms with van der Waals surface area (Å²) in [5.74, 6) is 1.72. The Balaban J connectivity index is 2.19. The lowest BCUT2D eigenvalue weighted by Crippen LogP contribution is -2.42. The van der Waals surface area contributed by atoms with Crippen molar-refractivity contribution in [1.82, 2.24) is 5.32 Å². The molecule has 1 unspecified atom stereocenters. The maximum absolute atomic E-state index is 5.48. The van der Waals surface area contributed by atoms with E-state index in [9.17, 15) is 0 Å². The lowest BCUT2D eigenvalue weighted by atomic mass is 9.99. The summed E-state index contributed by atoms with van der Waals surface area (Å²) in [6.45, 7) is 4.57. The number of morpholine rings is 1. The van der Waals surface area contributed by atoms with E-state index in [0.29, 0.717) is 6.04 Å². The highest BCUT2D eigenvalue weighted by Gasteiger charge is 2.18. The molecule has 0 aliphatic carbocycles. The topological polar surface area (TPSA) is 39.7 Å². The summed E-state index contributed by atoms with van der Waals surface area (Å²) >= 11 is 0. The molecule has 1 aliphatic heterocycles. The predicted octanol–water partition coefficient (Wildman–Crippen LogP) is 1.54. The molecule has 0 radical (unpaired) electrons. The highest BCUT2D eigenvalue weighted by atomic mass is 16.5. The van der Waals surface area contributed by atoms with Crippen LogP contribution in [0.5, 0.6) is 11.5 Å². The summed E-state index contributed by atoms with van der Waals surface area (Å²) in [4.78, 5) is 0. The number of benzene rings is 1. The molecule has 1 aromatic carbocycles. The average Bonchev–Trinajstić information content (AvgIpc) is 2.42. The Morgan fingerprint density at radius 3 is 2.78 bits per heavy atom. The van der Waals surface area contributed by atoms with Crippen molar-refractivity contribution in [2.45, 2.75) is 19.4 Å². The number of rotatable bonds is 4. The smallest absolute Gasteiger partial charge is 0.126 e. The zero-order valence-electron chi connectivity index (χ0n) is 11.3. The number of aryl methyl sites for hydroxylation is 1. The average molecular weight is 251 g/mol. The van der Waals surface area contributed by atoms with Gasteiger partial charge >= 0.3 is 0 Å². The SMILES string of the molecule is COc1cc(C)c(CC2COCCN2)c(OC)c1. The monoisotopic (exact) mass is 251 g/mol. The molecule has 1 aromatic rings. The van der Waals surface area contributed by atoms with Gasteiger partial charge in [0, 0.05) is 18.7 Å².